The molecule has 0 aliphatic rings. The van der Waals surface area contributed by atoms with Crippen LogP contribution in [0.15, 0.2) is 18.2 Å². The summed E-state index contributed by atoms with van der Waals surface area (Å²) < 4.78 is 37.3. The molecule has 0 fully saturated rings. The summed E-state index contributed by atoms with van der Waals surface area (Å²) in [5.74, 6) is 0. The van der Waals surface area contributed by atoms with Gasteiger partial charge in [-0.3, -0.25) is 0 Å². The second-order valence-electron chi connectivity index (χ2n) is 3.52. The molecule has 0 heterocycles. The fourth-order valence-corrected chi connectivity index (χ4v) is 1.22. The van der Waals surface area contributed by atoms with Crippen molar-refractivity contribution in [3.8, 4) is 6.07 Å². The van der Waals surface area contributed by atoms with E-state index in [-0.39, 0.29) is 0 Å². The maximum atomic E-state index is 12.4. The number of alkyl halides is 3. The molecule has 5 heteroatoms. The highest BCUT2D eigenvalue weighted by Gasteiger charge is 2.30. The van der Waals surface area contributed by atoms with Crippen LogP contribution in [0.1, 0.15) is 18.1 Å². The van der Waals surface area contributed by atoms with Crippen molar-refractivity contribution in [2.75, 3.05) is 5.32 Å². The molecule has 1 atom stereocenters. The van der Waals surface area contributed by atoms with Crippen molar-refractivity contribution in [2.45, 2.75) is 26.1 Å². The summed E-state index contributed by atoms with van der Waals surface area (Å²) in [6.45, 7) is 3.27. The van der Waals surface area contributed by atoms with Crippen LogP contribution in [-0.2, 0) is 6.18 Å². The summed E-state index contributed by atoms with van der Waals surface area (Å²) >= 11 is 0. The predicted octanol–water partition coefficient (Wildman–Crippen LogP) is 3.34. The molecule has 16 heavy (non-hydrogen) atoms. The Labute approximate surface area is 91.7 Å². The zero-order valence-corrected chi connectivity index (χ0v) is 8.89. The SMILES string of the molecule is Cc1ccc(C(F)(F)F)cc1NC(C)C#N. The number of nitrogens with one attached hydrogen (secondary N) is 1. The minimum atomic E-state index is -4.36. The van der Waals surface area contributed by atoms with Gasteiger partial charge in [0.15, 0.2) is 0 Å². The molecule has 0 aromatic heterocycles. The Hall–Kier alpha value is -1.70. The van der Waals surface area contributed by atoms with E-state index in [4.69, 9.17) is 5.26 Å². The lowest BCUT2D eigenvalue weighted by Gasteiger charge is -2.14. The lowest BCUT2D eigenvalue weighted by atomic mass is 10.1. The number of aryl methyl sites for hydroxylation is 1. The first-order chi connectivity index (χ1) is 7.34. The first kappa shape index (κ1) is 12.4. The first-order valence-electron chi connectivity index (χ1n) is 4.68. The highest BCUT2D eigenvalue weighted by molar-refractivity contribution is 5.54. The zero-order valence-electron chi connectivity index (χ0n) is 8.89. The van der Waals surface area contributed by atoms with Crippen LogP contribution in [0.25, 0.3) is 0 Å². The second kappa shape index (κ2) is 4.44. The molecular weight excluding hydrogens is 217 g/mol. The number of nitrogens with zero attached hydrogens (tertiary/aromatic N) is 1. The second-order valence-corrected chi connectivity index (χ2v) is 3.52. The van der Waals surface area contributed by atoms with E-state index in [9.17, 15) is 13.2 Å². The molecule has 1 aromatic rings. The molecule has 0 saturated heterocycles. The summed E-state index contributed by atoms with van der Waals surface area (Å²) in [6, 6.07) is 4.81. The minimum Gasteiger partial charge on any atom is -0.370 e. The van der Waals surface area contributed by atoms with Gasteiger partial charge in [-0.1, -0.05) is 6.07 Å². The maximum Gasteiger partial charge on any atom is 0.416 e. The van der Waals surface area contributed by atoms with E-state index in [2.05, 4.69) is 5.32 Å². The van der Waals surface area contributed by atoms with Gasteiger partial charge in [0.25, 0.3) is 0 Å². The number of anilines is 1. The van der Waals surface area contributed by atoms with E-state index in [1.54, 1.807) is 13.8 Å². The van der Waals surface area contributed by atoms with Crippen LogP contribution in [0.4, 0.5) is 18.9 Å². The van der Waals surface area contributed by atoms with Crippen LogP contribution in [0.3, 0.4) is 0 Å². The first-order valence-corrected chi connectivity index (χ1v) is 4.68. The van der Waals surface area contributed by atoms with Crippen LogP contribution in [-0.4, -0.2) is 6.04 Å². The Kier molecular flexibility index (Phi) is 3.43. The number of benzene rings is 1. The fraction of sp³-hybridized carbons (Fsp3) is 0.364. The number of halogens is 3. The highest BCUT2D eigenvalue weighted by atomic mass is 19.4. The molecule has 0 spiro atoms. The smallest absolute Gasteiger partial charge is 0.370 e. The predicted molar refractivity (Wildman–Crippen MR) is 54.9 cm³/mol. The lowest BCUT2D eigenvalue weighted by Crippen LogP contribution is -2.14. The van der Waals surface area contributed by atoms with Crippen LogP contribution >= 0.6 is 0 Å². The van der Waals surface area contributed by atoms with E-state index >= 15 is 0 Å². The quantitative estimate of drug-likeness (QED) is 0.842. The number of nitriles is 1. The molecule has 86 valence electrons. The van der Waals surface area contributed by atoms with Crippen molar-refractivity contribution < 1.29 is 13.2 Å². The number of hydrogen-bond donors (Lipinski definition) is 1. The maximum absolute atomic E-state index is 12.4. The molecule has 1 N–H and O–H groups in total. The van der Waals surface area contributed by atoms with Gasteiger partial charge in [-0.2, -0.15) is 18.4 Å². The third-order valence-electron chi connectivity index (χ3n) is 2.13. The standard InChI is InChI=1S/C11H11F3N2/c1-7-3-4-9(11(12,13)14)5-10(7)16-8(2)6-15/h3-5,8,16H,1-2H3. The van der Waals surface area contributed by atoms with Crippen molar-refractivity contribution in [1.82, 2.24) is 0 Å². The molecular formula is C11H11F3N2. The van der Waals surface area contributed by atoms with E-state index in [1.165, 1.54) is 6.07 Å². The molecule has 0 aliphatic heterocycles. The van der Waals surface area contributed by atoms with E-state index in [0.29, 0.717) is 11.3 Å². The van der Waals surface area contributed by atoms with Gasteiger partial charge in [0.05, 0.1) is 11.6 Å². The fourth-order valence-electron chi connectivity index (χ4n) is 1.22. The van der Waals surface area contributed by atoms with Gasteiger partial charge >= 0.3 is 6.18 Å². The van der Waals surface area contributed by atoms with E-state index in [0.717, 1.165) is 12.1 Å². The van der Waals surface area contributed by atoms with Crippen molar-refractivity contribution in [1.29, 1.82) is 5.26 Å². The number of hydrogen-bond acceptors (Lipinski definition) is 2. The van der Waals surface area contributed by atoms with Gasteiger partial charge in [-0.15, -0.1) is 0 Å². The molecule has 1 unspecified atom stereocenters. The summed E-state index contributed by atoms with van der Waals surface area (Å²) in [7, 11) is 0. The summed E-state index contributed by atoms with van der Waals surface area (Å²) in [4.78, 5) is 0. The Morgan fingerprint density at radius 2 is 2.00 bits per heavy atom. The molecule has 0 radical (unpaired) electrons. The van der Waals surface area contributed by atoms with Gasteiger partial charge in [0.2, 0.25) is 0 Å². The Morgan fingerprint density at radius 3 is 2.50 bits per heavy atom. The van der Waals surface area contributed by atoms with Gasteiger partial charge in [-0.25, -0.2) is 0 Å². The number of rotatable bonds is 2. The van der Waals surface area contributed by atoms with Crippen molar-refractivity contribution >= 4 is 5.69 Å². The van der Waals surface area contributed by atoms with Gasteiger partial charge in [-0.05, 0) is 31.5 Å². The van der Waals surface area contributed by atoms with Crippen LogP contribution in [0, 0.1) is 18.3 Å². The lowest BCUT2D eigenvalue weighted by molar-refractivity contribution is -0.137. The summed E-state index contributed by atoms with van der Waals surface area (Å²) in [5.41, 5.74) is 0.296. The monoisotopic (exact) mass is 228 g/mol. The van der Waals surface area contributed by atoms with E-state index < -0.39 is 17.8 Å². The molecule has 0 saturated carbocycles. The van der Waals surface area contributed by atoms with Crippen molar-refractivity contribution in [2.24, 2.45) is 0 Å². The van der Waals surface area contributed by atoms with Gasteiger partial charge in [0, 0.05) is 5.69 Å². The third kappa shape index (κ3) is 2.89. The van der Waals surface area contributed by atoms with Crippen LogP contribution in [0.5, 0.6) is 0 Å². The van der Waals surface area contributed by atoms with Crippen molar-refractivity contribution in [3.63, 3.8) is 0 Å². The summed E-state index contributed by atoms with van der Waals surface area (Å²) in [5, 5.41) is 11.3. The largest absolute Gasteiger partial charge is 0.416 e. The summed E-state index contributed by atoms with van der Waals surface area (Å²) in [6.07, 6.45) is -4.36. The average molecular weight is 228 g/mol. The molecule has 2 nitrogen and oxygen atoms in total. The van der Waals surface area contributed by atoms with E-state index in [1.807, 2.05) is 6.07 Å². The van der Waals surface area contributed by atoms with Crippen molar-refractivity contribution in [3.05, 3.63) is 29.3 Å². The Morgan fingerprint density at radius 1 is 1.38 bits per heavy atom. The molecule has 1 rings (SSSR count). The van der Waals surface area contributed by atoms with Gasteiger partial charge in [0.1, 0.15) is 6.04 Å². The van der Waals surface area contributed by atoms with Gasteiger partial charge < -0.3 is 5.32 Å². The zero-order chi connectivity index (χ0) is 12.3. The molecule has 1 aromatic carbocycles. The third-order valence-corrected chi connectivity index (χ3v) is 2.13. The van der Waals surface area contributed by atoms with Crippen LogP contribution in [0.2, 0.25) is 0 Å². The normalized spacial score (nSPS) is 13.0. The molecule has 0 aliphatic carbocycles. The highest BCUT2D eigenvalue weighted by Crippen LogP contribution is 2.32. The average Bonchev–Trinajstić information content (AvgIpc) is 2.19. The molecule has 0 bridgehead atoms. The minimum absolute atomic E-state index is 0.337. The van der Waals surface area contributed by atoms with Crippen LogP contribution < -0.4 is 5.32 Å². The Balaban J connectivity index is 3.05. The molecule has 0 amide bonds. The topological polar surface area (TPSA) is 35.8 Å². The Bertz CT molecular complexity index is 418.